The third kappa shape index (κ3) is 3.56. The monoisotopic (exact) mass is 286 g/mol. The van der Waals surface area contributed by atoms with E-state index in [-0.39, 0.29) is 5.91 Å². The molecule has 3 aliphatic rings. The molecule has 3 fully saturated rings. The van der Waals surface area contributed by atoms with E-state index in [9.17, 15) is 4.79 Å². The van der Waals surface area contributed by atoms with E-state index in [0.717, 1.165) is 36.7 Å². The number of nitrogens with one attached hydrogen (secondary N) is 1. The summed E-state index contributed by atoms with van der Waals surface area (Å²) in [6.45, 7) is 3.20. The number of hydrogen-bond donors (Lipinski definition) is 1. The summed E-state index contributed by atoms with van der Waals surface area (Å²) in [4.78, 5) is 14.4. The number of hydrogen-bond acceptors (Lipinski definition) is 3. The predicted octanol–water partition coefficient (Wildman–Crippen LogP) is 2.05. The van der Waals surface area contributed by atoms with Gasteiger partial charge in [-0.05, 0) is 55.9 Å². The van der Waals surface area contributed by atoms with Crippen LogP contribution in [0.4, 0.5) is 0 Å². The van der Waals surface area contributed by atoms with Gasteiger partial charge in [0, 0.05) is 24.7 Å². The van der Waals surface area contributed by atoms with E-state index in [1.54, 1.807) is 0 Å². The highest BCUT2D eigenvalue weighted by molar-refractivity contribution is 5.94. The van der Waals surface area contributed by atoms with Gasteiger partial charge in [-0.25, -0.2) is 0 Å². The van der Waals surface area contributed by atoms with Crippen LogP contribution in [0.3, 0.4) is 0 Å². The first-order valence-electron chi connectivity index (χ1n) is 8.06. The van der Waals surface area contributed by atoms with Crippen molar-refractivity contribution in [3.63, 3.8) is 0 Å². The van der Waals surface area contributed by atoms with Crippen molar-refractivity contribution in [2.45, 2.75) is 37.8 Å². The van der Waals surface area contributed by atoms with Gasteiger partial charge in [0.1, 0.15) is 12.4 Å². The number of carbonyl (C=O) groups excluding carboxylic acids is 1. The summed E-state index contributed by atoms with van der Waals surface area (Å²) in [5, 5.41) is 2.99. The fraction of sp³-hybridized carbons (Fsp3) is 0.588. The molecule has 4 rings (SSSR count). The molecule has 1 N–H and O–H groups in total. The van der Waals surface area contributed by atoms with Crippen molar-refractivity contribution in [1.29, 1.82) is 0 Å². The third-order valence-electron chi connectivity index (χ3n) is 4.49. The van der Waals surface area contributed by atoms with Crippen molar-refractivity contribution in [3.05, 3.63) is 29.8 Å². The normalized spacial score (nSPS) is 27.2. The molecular weight excluding hydrogens is 264 g/mol. The molecule has 21 heavy (non-hydrogen) atoms. The molecule has 4 nitrogen and oxygen atoms in total. The standard InChI is InChI=1S/C17H22N2O2/c20-17(18-14-5-6-14)13-3-7-16(8-4-13)21-11-15-10-19(15)9-12-1-2-12/h3-4,7-8,12,14-15H,1-2,5-6,9-11H2,(H,18,20). The van der Waals surface area contributed by atoms with E-state index in [4.69, 9.17) is 4.74 Å². The van der Waals surface area contributed by atoms with E-state index in [1.165, 1.54) is 25.9 Å². The van der Waals surface area contributed by atoms with Crippen LogP contribution in [0.2, 0.25) is 0 Å². The molecule has 1 heterocycles. The number of benzene rings is 1. The molecule has 4 heteroatoms. The SMILES string of the molecule is O=C(NC1CC1)c1ccc(OCC2CN2CC2CC2)cc1. The van der Waals surface area contributed by atoms with Gasteiger partial charge in [-0.1, -0.05) is 0 Å². The van der Waals surface area contributed by atoms with Gasteiger partial charge >= 0.3 is 0 Å². The summed E-state index contributed by atoms with van der Waals surface area (Å²) in [5.74, 6) is 1.84. The first-order chi connectivity index (χ1) is 10.3. The van der Waals surface area contributed by atoms with Crippen LogP contribution in [-0.2, 0) is 0 Å². The Kier molecular flexibility index (Phi) is 3.34. The second kappa shape index (κ2) is 5.34. The molecule has 2 unspecified atom stereocenters. The molecule has 1 aromatic carbocycles. The van der Waals surface area contributed by atoms with Crippen molar-refractivity contribution in [3.8, 4) is 5.75 Å². The van der Waals surface area contributed by atoms with Gasteiger partial charge in [-0.3, -0.25) is 9.69 Å². The Morgan fingerprint density at radius 1 is 1.19 bits per heavy atom. The Hall–Kier alpha value is -1.55. The Bertz CT molecular complexity index is 520. The molecule has 2 atom stereocenters. The van der Waals surface area contributed by atoms with Crippen LogP contribution in [-0.4, -0.2) is 42.6 Å². The largest absolute Gasteiger partial charge is 0.492 e. The topological polar surface area (TPSA) is 41.3 Å². The molecule has 1 amide bonds. The van der Waals surface area contributed by atoms with Gasteiger partial charge in [0.25, 0.3) is 5.91 Å². The van der Waals surface area contributed by atoms with Crippen molar-refractivity contribution in [2.75, 3.05) is 19.7 Å². The van der Waals surface area contributed by atoms with Crippen LogP contribution in [0.5, 0.6) is 5.75 Å². The van der Waals surface area contributed by atoms with E-state index < -0.39 is 0 Å². The fourth-order valence-corrected chi connectivity index (χ4v) is 2.63. The lowest BCUT2D eigenvalue weighted by Crippen LogP contribution is -2.25. The fourth-order valence-electron chi connectivity index (χ4n) is 2.63. The maximum absolute atomic E-state index is 11.9. The zero-order valence-electron chi connectivity index (χ0n) is 12.3. The first kappa shape index (κ1) is 13.1. The zero-order chi connectivity index (χ0) is 14.2. The minimum absolute atomic E-state index is 0.0295. The van der Waals surface area contributed by atoms with E-state index in [0.29, 0.717) is 12.1 Å². The van der Waals surface area contributed by atoms with Crippen molar-refractivity contribution < 1.29 is 9.53 Å². The van der Waals surface area contributed by atoms with Gasteiger partial charge in [-0.15, -0.1) is 0 Å². The van der Waals surface area contributed by atoms with Crippen LogP contribution in [0, 0.1) is 5.92 Å². The summed E-state index contributed by atoms with van der Waals surface area (Å²) in [6, 6.07) is 8.50. The molecule has 112 valence electrons. The molecule has 1 saturated heterocycles. The molecule has 1 aromatic rings. The third-order valence-corrected chi connectivity index (χ3v) is 4.49. The smallest absolute Gasteiger partial charge is 0.251 e. The molecule has 0 radical (unpaired) electrons. The highest BCUT2D eigenvalue weighted by atomic mass is 16.5. The minimum Gasteiger partial charge on any atom is -0.492 e. The van der Waals surface area contributed by atoms with Crippen LogP contribution < -0.4 is 10.1 Å². The number of amides is 1. The Balaban J connectivity index is 1.23. The predicted molar refractivity (Wildman–Crippen MR) is 80.5 cm³/mol. The Morgan fingerprint density at radius 2 is 1.95 bits per heavy atom. The summed E-state index contributed by atoms with van der Waals surface area (Å²) in [6.07, 6.45) is 5.06. The average molecular weight is 286 g/mol. The number of rotatable bonds is 7. The van der Waals surface area contributed by atoms with Gasteiger partial charge in [0.2, 0.25) is 0 Å². The quantitative estimate of drug-likeness (QED) is 0.780. The van der Waals surface area contributed by atoms with Gasteiger partial charge in [0.05, 0.1) is 6.04 Å². The second-order valence-corrected chi connectivity index (χ2v) is 6.63. The maximum Gasteiger partial charge on any atom is 0.251 e. The lowest BCUT2D eigenvalue weighted by atomic mass is 10.2. The summed E-state index contributed by atoms with van der Waals surface area (Å²) in [7, 11) is 0. The average Bonchev–Trinajstić information content (AvgIpc) is 3.31. The Labute approximate surface area is 125 Å². The van der Waals surface area contributed by atoms with Gasteiger partial charge < -0.3 is 10.1 Å². The molecule has 0 bridgehead atoms. The van der Waals surface area contributed by atoms with Crippen LogP contribution in [0.25, 0.3) is 0 Å². The van der Waals surface area contributed by atoms with Crippen molar-refractivity contribution in [1.82, 2.24) is 10.2 Å². The number of nitrogens with zero attached hydrogens (tertiary/aromatic N) is 1. The van der Waals surface area contributed by atoms with E-state index >= 15 is 0 Å². The Morgan fingerprint density at radius 3 is 2.62 bits per heavy atom. The second-order valence-electron chi connectivity index (χ2n) is 6.63. The summed E-state index contributed by atoms with van der Waals surface area (Å²) in [5.41, 5.74) is 0.719. The van der Waals surface area contributed by atoms with Crippen molar-refractivity contribution >= 4 is 5.91 Å². The molecule has 2 aliphatic carbocycles. The van der Waals surface area contributed by atoms with Crippen LogP contribution >= 0.6 is 0 Å². The number of ether oxygens (including phenoxy) is 1. The summed E-state index contributed by atoms with van der Waals surface area (Å²) < 4.78 is 5.82. The summed E-state index contributed by atoms with van der Waals surface area (Å²) >= 11 is 0. The van der Waals surface area contributed by atoms with Crippen molar-refractivity contribution in [2.24, 2.45) is 5.92 Å². The van der Waals surface area contributed by atoms with Gasteiger partial charge in [0.15, 0.2) is 0 Å². The van der Waals surface area contributed by atoms with Gasteiger partial charge in [-0.2, -0.15) is 0 Å². The zero-order valence-corrected chi connectivity index (χ0v) is 12.3. The highest BCUT2D eigenvalue weighted by Gasteiger charge is 2.38. The first-order valence-corrected chi connectivity index (χ1v) is 8.06. The molecular formula is C17H22N2O2. The number of carbonyl (C=O) groups is 1. The van der Waals surface area contributed by atoms with E-state index in [2.05, 4.69) is 10.2 Å². The highest BCUT2D eigenvalue weighted by Crippen LogP contribution is 2.33. The van der Waals surface area contributed by atoms with Crippen LogP contribution in [0.15, 0.2) is 24.3 Å². The van der Waals surface area contributed by atoms with E-state index in [1.807, 2.05) is 24.3 Å². The molecule has 1 aliphatic heterocycles. The van der Waals surface area contributed by atoms with Crippen LogP contribution in [0.1, 0.15) is 36.0 Å². The molecule has 0 aromatic heterocycles. The molecule has 2 saturated carbocycles. The lowest BCUT2D eigenvalue weighted by Gasteiger charge is -2.08. The lowest BCUT2D eigenvalue weighted by molar-refractivity contribution is 0.0951. The molecule has 0 spiro atoms. The maximum atomic E-state index is 11.9. The minimum atomic E-state index is 0.0295.